The molecule has 1 atom stereocenters. The average Bonchev–Trinajstić information content (AvgIpc) is 3.09. The lowest BCUT2D eigenvalue weighted by Crippen LogP contribution is -2.49. The molecular formula is C21H25NSSi. The van der Waals surface area contributed by atoms with Gasteiger partial charge in [0.05, 0.1) is 6.04 Å². The van der Waals surface area contributed by atoms with Crippen molar-refractivity contribution in [2.45, 2.75) is 32.1 Å². The normalized spacial score (nSPS) is 12.8. The number of hydrogen-bond acceptors (Lipinski definition) is 2. The quantitative estimate of drug-likeness (QED) is 0.466. The molecule has 1 unspecified atom stereocenters. The Morgan fingerprint density at radius 2 is 1.46 bits per heavy atom. The molecule has 0 aliphatic rings. The first kappa shape index (κ1) is 17.0. The van der Waals surface area contributed by atoms with Crippen LogP contribution in [0.25, 0.3) is 0 Å². The van der Waals surface area contributed by atoms with Crippen molar-refractivity contribution in [3.63, 3.8) is 0 Å². The van der Waals surface area contributed by atoms with Gasteiger partial charge in [-0.05, 0) is 35.6 Å². The molecule has 0 amide bonds. The van der Waals surface area contributed by atoms with Crippen molar-refractivity contribution in [2.75, 3.05) is 4.57 Å². The third kappa shape index (κ3) is 3.97. The van der Waals surface area contributed by atoms with Crippen LogP contribution in [0.2, 0.25) is 19.6 Å². The smallest absolute Gasteiger partial charge is 0.148 e. The summed E-state index contributed by atoms with van der Waals surface area (Å²) in [4.78, 5) is 1.45. The van der Waals surface area contributed by atoms with E-state index >= 15 is 0 Å². The molecule has 0 radical (unpaired) electrons. The summed E-state index contributed by atoms with van der Waals surface area (Å²) in [5, 5.41) is 2.20. The van der Waals surface area contributed by atoms with Gasteiger partial charge in [-0.2, -0.15) is 0 Å². The highest BCUT2D eigenvalue weighted by Crippen LogP contribution is 2.36. The summed E-state index contributed by atoms with van der Waals surface area (Å²) in [6.07, 6.45) is 1.04. The van der Waals surface area contributed by atoms with Gasteiger partial charge in [-0.1, -0.05) is 74.2 Å². The molecular weight excluding hydrogens is 326 g/mol. The SMILES string of the molecule is C[Si](C)(C)N(c1ccccc1)C(Cc1ccccc1)c1cccs1. The van der Waals surface area contributed by atoms with Gasteiger partial charge in [-0.3, -0.25) is 0 Å². The Kier molecular flexibility index (Phi) is 5.22. The molecule has 1 aromatic heterocycles. The molecule has 0 aliphatic heterocycles. The molecule has 2 aromatic carbocycles. The molecule has 0 saturated carbocycles. The number of benzene rings is 2. The van der Waals surface area contributed by atoms with E-state index in [-0.39, 0.29) is 0 Å². The lowest BCUT2D eigenvalue weighted by Gasteiger charge is -2.43. The van der Waals surface area contributed by atoms with E-state index in [1.165, 1.54) is 16.1 Å². The van der Waals surface area contributed by atoms with E-state index in [9.17, 15) is 0 Å². The monoisotopic (exact) mass is 351 g/mol. The van der Waals surface area contributed by atoms with Gasteiger partial charge in [0.2, 0.25) is 0 Å². The highest BCUT2D eigenvalue weighted by Gasteiger charge is 2.32. The number of nitrogens with zero attached hydrogens (tertiary/aromatic N) is 1. The van der Waals surface area contributed by atoms with Gasteiger partial charge in [0.1, 0.15) is 8.24 Å². The van der Waals surface area contributed by atoms with Crippen LogP contribution >= 0.6 is 11.3 Å². The molecule has 3 rings (SSSR count). The summed E-state index contributed by atoms with van der Waals surface area (Å²) in [5.74, 6) is 0. The number of rotatable bonds is 6. The second-order valence-corrected chi connectivity index (χ2v) is 12.9. The van der Waals surface area contributed by atoms with Crippen molar-refractivity contribution in [2.24, 2.45) is 0 Å². The van der Waals surface area contributed by atoms with Crippen molar-refractivity contribution in [1.29, 1.82) is 0 Å². The molecule has 3 heteroatoms. The summed E-state index contributed by atoms with van der Waals surface area (Å²) in [5.41, 5.74) is 2.74. The Morgan fingerprint density at radius 3 is 2.00 bits per heavy atom. The fourth-order valence-electron chi connectivity index (χ4n) is 3.26. The van der Waals surface area contributed by atoms with Crippen LogP contribution in [0.5, 0.6) is 0 Å². The first-order valence-corrected chi connectivity index (χ1v) is 12.8. The molecule has 24 heavy (non-hydrogen) atoms. The van der Waals surface area contributed by atoms with E-state index < -0.39 is 8.24 Å². The van der Waals surface area contributed by atoms with Crippen LogP contribution in [0.4, 0.5) is 5.69 Å². The second-order valence-electron chi connectivity index (χ2n) is 7.10. The van der Waals surface area contributed by atoms with Crippen LogP contribution in [0, 0.1) is 0 Å². The van der Waals surface area contributed by atoms with Gasteiger partial charge < -0.3 is 4.57 Å². The molecule has 1 nitrogen and oxygen atoms in total. The Balaban J connectivity index is 2.04. The van der Waals surface area contributed by atoms with Crippen LogP contribution in [0.1, 0.15) is 16.5 Å². The third-order valence-corrected chi connectivity index (χ3v) is 7.20. The second kappa shape index (κ2) is 7.37. The van der Waals surface area contributed by atoms with Crippen molar-refractivity contribution in [1.82, 2.24) is 0 Å². The number of para-hydroxylation sites is 1. The molecule has 0 bridgehead atoms. The van der Waals surface area contributed by atoms with Gasteiger partial charge >= 0.3 is 0 Å². The Morgan fingerprint density at radius 1 is 0.833 bits per heavy atom. The van der Waals surface area contributed by atoms with Crippen LogP contribution in [0.15, 0.2) is 78.2 Å². The summed E-state index contributed by atoms with van der Waals surface area (Å²) < 4.78 is 2.70. The summed E-state index contributed by atoms with van der Waals surface area (Å²) in [6, 6.07) is 26.6. The minimum atomic E-state index is -1.56. The number of thiophene rings is 1. The molecule has 0 aliphatic carbocycles. The van der Waals surface area contributed by atoms with Crippen molar-refractivity contribution in [3.8, 4) is 0 Å². The lowest BCUT2D eigenvalue weighted by atomic mass is 10.0. The Labute approximate surface area is 150 Å². The number of hydrogen-bond donors (Lipinski definition) is 0. The van der Waals surface area contributed by atoms with Gasteiger partial charge in [-0.15, -0.1) is 11.3 Å². The standard InChI is InChI=1S/C21H25NSSi/c1-24(2,3)22(19-13-8-5-9-14-19)20(21-15-10-16-23-21)17-18-11-6-4-7-12-18/h4-16,20H,17H2,1-3H3. The zero-order chi connectivity index (χ0) is 17.0. The first-order valence-electron chi connectivity index (χ1n) is 8.47. The summed E-state index contributed by atoms with van der Waals surface area (Å²) in [7, 11) is -1.56. The minimum Gasteiger partial charge on any atom is -0.390 e. The van der Waals surface area contributed by atoms with Crippen molar-refractivity contribution < 1.29 is 0 Å². The maximum atomic E-state index is 2.70. The largest absolute Gasteiger partial charge is 0.390 e. The van der Waals surface area contributed by atoms with Crippen LogP contribution < -0.4 is 4.57 Å². The molecule has 124 valence electrons. The fourth-order valence-corrected chi connectivity index (χ4v) is 6.26. The molecule has 0 N–H and O–H groups in total. The fraction of sp³-hybridized carbons (Fsp3) is 0.238. The predicted octanol–water partition coefficient (Wildman–Crippen LogP) is 6.37. The summed E-state index contributed by atoms with van der Waals surface area (Å²) in [6.45, 7) is 7.31. The third-order valence-electron chi connectivity index (χ3n) is 4.21. The molecule has 0 fully saturated rings. The lowest BCUT2D eigenvalue weighted by molar-refractivity contribution is 0.720. The van der Waals surface area contributed by atoms with E-state index in [1.807, 2.05) is 11.3 Å². The van der Waals surface area contributed by atoms with Gasteiger partial charge in [0.25, 0.3) is 0 Å². The van der Waals surface area contributed by atoms with E-state index in [0.717, 1.165) is 6.42 Å². The number of anilines is 1. The van der Waals surface area contributed by atoms with Gasteiger partial charge in [-0.25, -0.2) is 0 Å². The molecule has 0 spiro atoms. The maximum Gasteiger partial charge on any atom is 0.148 e. The molecule has 1 heterocycles. The Hall–Kier alpha value is -1.84. The summed E-state index contributed by atoms with van der Waals surface area (Å²) >= 11 is 1.87. The molecule has 3 aromatic rings. The first-order chi connectivity index (χ1) is 11.6. The molecule has 0 saturated heterocycles. The Bertz CT molecular complexity index is 733. The predicted molar refractivity (Wildman–Crippen MR) is 109 cm³/mol. The van der Waals surface area contributed by atoms with Gasteiger partial charge in [0.15, 0.2) is 0 Å². The van der Waals surface area contributed by atoms with Crippen LogP contribution in [-0.2, 0) is 6.42 Å². The highest BCUT2D eigenvalue weighted by atomic mass is 32.1. The van der Waals surface area contributed by atoms with Crippen LogP contribution in [0.3, 0.4) is 0 Å². The maximum absolute atomic E-state index is 2.70. The van der Waals surface area contributed by atoms with E-state index in [2.05, 4.69) is 102 Å². The van der Waals surface area contributed by atoms with Crippen molar-refractivity contribution >= 4 is 25.3 Å². The van der Waals surface area contributed by atoms with Crippen molar-refractivity contribution in [3.05, 3.63) is 88.6 Å². The minimum absolute atomic E-state index is 0.390. The average molecular weight is 352 g/mol. The topological polar surface area (TPSA) is 3.24 Å². The zero-order valence-corrected chi connectivity index (χ0v) is 16.5. The van der Waals surface area contributed by atoms with Crippen LogP contribution in [-0.4, -0.2) is 8.24 Å². The van der Waals surface area contributed by atoms with E-state index in [0.29, 0.717) is 6.04 Å². The zero-order valence-electron chi connectivity index (χ0n) is 14.6. The van der Waals surface area contributed by atoms with Gasteiger partial charge in [0, 0.05) is 10.6 Å². The van der Waals surface area contributed by atoms with E-state index in [1.54, 1.807) is 0 Å². The highest BCUT2D eigenvalue weighted by molar-refractivity contribution is 7.10. The van der Waals surface area contributed by atoms with E-state index in [4.69, 9.17) is 0 Å².